The van der Waals surface area contributed by atoms with Gasteiger partial charge in [0.2, 0.25) is 11.9 Å². The zero-order chi connectivity index (χ0) is 19.2. The molecule has 0 aliphatic carbocycles. The van der Waals surface area contributed by atoms with Gasteiger partial charge in [0, 0.05) is 58.6 Å². The highest BCUT2D eigenvalue weighted by Crippen LogP contribution is 2.13. The van der Waals surface area contributed by atoms with E-state index in [2.05, 4.69) is 9.97 Å². The largest absolute Gasteiger partial charge is 0.339 e. The summed E-state index contributed by atoms with van der Waals surface area (Å²) in [5.74, 6) is 0.616. The predicted molar refractivity (Wildman–Crippen MR) is 103 cm³/mol. The molecule has 7 nitrogen and oxygen atoms in total. The molecule has 0 radical (unpaired) electrons. The molecule has 1 aromatic carbocycles. The third kappa shape index (κ3) is 4.61. The molecule has 1 fully saturated rings. The summed E-state index contributed by atoms with van der Waals surface area (Å²) in [5.41, 5.74) is 1.58. The summed E-state index contributed by atoms with van der Waals surface area (Å²) in [5, 5.41) is 0. The number of aromatic nitrogens is 2. The molecular weight excluding hydrogens is 342 g/mol. The summed E-state index contributed by atoms with van der Waals surface area (Å²) in [6, 6.07) is 9.92. The van der Waals surface area contributed by atoms with E-state index < -0.39 is 0 Å². The van der Waals surface area contributed by atoms with Gasteiger partial charge in [-0.3, -0.25) is 9.59 Å². The van der Waals surface area contributed by atoms with E-state index in [1.165, 1.54) is 0 Å². The molecule has 2 amide bonds. The van der Waals surface area contributed by atoms with Crippen LogP contribution < -0.4 is 4.90 Å². The fourth-order valence-electron chi connectivity index (χ4n) is 3.13. The number of nitrogens with zero attached hydrogens (tertiary/aromatic N) is 5. The Morgan fingerprint density at radius 2 is 1.67 bits per heavy atom. The fraction of sp³-hybridized carbons (Fsp3) is 0.400. The van der Waals surface area contributed by atoms with Crippen LogP contribution in [0.4, 0.5) is 5.95 Å². The van der Waals surface area contributed by atoms with Crippen molar-refractivity contribution in [2.24, 2.45) is 0 Å². The van der Waals surface area contributed by atoms with Crippen LogP contribution in [-0.4, -0.2) is 64.3 Å². The monoisotopic (exact) mass is 367 g/mol. The highest BCUT2D eigenvalue weighted by molar-refractivity contribution is 5.93. The van der Waals surface area contributed by atoms with Gasteiger partial charge in [-0.15, -0.1) is 0 Å². The smallest absolute Gasteiger partial charge is 0.257 e. The van der Waals surface area contributed by atoms with Crippen molar-refractivity contribution >= 4 is 17.8 Å². The first-order valence-corrected chi connectivity index (χ1v) is 9.24. The Morgan fingerprint density at radius 3 is 2.22 bits per heavy atom. The molecule has 0 bridgehead atoms. The van der Waals surface area contributed by atoms with Crippen LogP contribution in [0.25, 0.3) is 0 Å². The molecule has 1 aromatic heterocycles. The SMILES string of the molecule is CCN(Cc1ccccc1)C(=O)c1cnc(N2CCN(C(C)=O)CC2)nc1. The van der Waals surface area contributed by atoms with Gasteiger partial charge >= 0.3 is 0 Å². The molecule has 0 atom stereocenters. The first-order chi connectivity index (χ1) is 13.1. The third-order valence-corrected chi connectivity index (χ3v) is 4.78. The lowest BCUT2D eigenvalue weighted by Gasteiger charge is -2.34. The maximum atomic E-state index is 12.8. The van der Waals surface area contributed by atoms with Gasteiger partial charge in [0.05, 0.1) is 5.56 Å². The lowest BCUT2D eigenvalue weighted by atomic mass is 10.2. The van der Waals surface area contributed by atoms with Gasteiger partial charge in [-0.05, 0) is 12.5 Å². The summed E-state index contributed by atoms with van der Waals surface area (Å²) < 4.78 is 0. The molecule has 3 rings (SSSR count). The van der Waals surface area contributed by atoms with Crippen molar-refractivity contribution in [1.29, 1.82) is 0 Å². The minimum atomic E-state index is -0.0747. The summed E-state index contributed by atoms with van der Waals surface area (Å²) in [7, 11) is 0. The van der Waals surface area contributed by atoms with Crippen LogP contribution in [0.15, 0.2) is 42.7 Å². The van der Waals surface area contributed by atoms with Gasteiger partial charge < -0.3 is 14.7 Å². The molecule has 0 N–H and O–H groups in total. The van der Waals surface area contributed by atoms with E-state index in [0.29, 0.717) is 50.8 Å². The zero-order valence-electron chi connectivity index (χ0n) is 15.8. The topological polar surface area (TPSA) is 69.6 Å². The van der Waals surface area contributed by atoms with Crippen LogP contribution in [0.1, 0.15) is 29.8 Å². The van der Waals surface area contributed by atoms with E-state index in [4.69, 9.17) is 0 Å². The Hall–Kier alpha value is -2.96. The number of amides is 2. The van der Waals surface area contributed by atoms with E-state index >= 15 is 0 Å². The first-order valence-electron chi connectivity index (χ1n) is 9.24. The third-order valence-electron chi connectivity index (χ3n) is 4.78. The van der Waals surface area contributed by atoms with Crippen molar-refractivity contribution < 1.29 is 9.59 Å². The number of carbonyl (C=O) groups excluding carboxylic acids is 2. The number of hydrogen-bond acceptors (Lipinski definition) is 5. The second kappa shape index (κ2) is 8.62. The molecule has 0 unspecified atom stereocenters. The highest BCUT2D eigenvalue weighted by Gasteiger charge is 2.21. The van der Waals surface area contributed by atoms with Crippen LogP contribution in [0.5, 0.6) is 0 Å². The predicted octanol–water partition coefficient (Wildman–Crippen LogP) is 1.81. The van der Waals surface area contributed by atoms with Gasteiger partial charge in [0.15, 0.2) is 0 Å². The Balaban J connectivity index is 1.64. The molecule has 0 saturated carbocycles. The normalized spacial score (nSPS) is 14.1. The Kier molecular flexibility index (Phi) is 6.01. The Morgan fingerprint density at radius 1 is 1.04 bits per heavy atom. The molecular formula is C20H25N5O2. The number of piperazine rings is 1. The van der Waals surface area contributed by atoms with Gasteiger partial charge in [0.25, 0.3) is 5.91 Å². The quantitative estimate of drug-likeness (QED) is 0.806. The second-order valence-electron chi connectivity index (χ2n) is 6.57. The van der Waals surface area contributed by atoms with Gasteiger partial charge in [-0.1, -0.05) is 30.3 Å². The molecule has 2 heterocycles. The van der Waals surface area contributed by atoms with E-state index in [1.807, 2.05) is 47.1 Å². The summed E-state index contributed by atoms with van der Waals surface area (Å²) in [4.78, 5) is 38.6. The van der Waals surface area contributed by atoms with E-state index in [-0.39, 0.29) is 11.8 Å². The first kappa shape index (κ1) is 18.8. The van der Waals surface area contributed by atoms with Crippen molar-refractivity contribution in [3.05, 3.63) is 53.9 Å². The molecule has 2 aromatic rings. The summed E-state index contributed by atoms with van der Waals surface area (Å²) in [6.45, 7) is 7.45. The second-order valence-corrected chi connectivity index (χ2v) is 6.57. The number of carbonyl (C=O) groups is 2. The summed E-state index contributed by atoms with van der Waals surface area (Å²) >= 11 is 0. The van der Waals surface area contributed by atoms with Crippen LogP contribution >= 0.6 is 0 Å². The number of benzene rings is 1. The highest BCUT2D eigenvalue weighted by atomic mass is 16.2. The van der Waals surface area contributed by atoms with Crippen LogP contribution in [0.2, 0.25) is 0 Å². The lowest BCUT2D eigenvalue weighted by Crippen LogP contribution is -2.48. The lowest BCUT2D eigenvalue weighted by molar-refractivity contribution is -0.129. The molecule has 0 spiro atoms. The van der Waals surface area contributed by atoms with Crippen molar-refractivity contribution in [3.8, 4) is 0 Å². The Labute approximate surface area is 159 Å². The number of anilines is 1. The molecule has 1 aliphatic heterocycles. The van der Waals surface area contributed by atoms with E-state index in [9.17, 15) is 9.59 Å². The number of rotatable bonds is 5. The van der Waals surface area contributed by atoms with Gasteiger partial charge in [-0.25, -0.2) is 9.97 Å². The van der Waals surface area contributed by atoms with Gasteiger partial charge in [-0.2, -0.15) is 0 Å². The standard InChI is InChI=1S/C20H25N5O2/c1-3-23(15-17-7-5-4-6-8-17)19(27)18-13-21-20(22-14-18)25-11-9-24(10-12-25)16(2)26/h4-8,13-14H,3,9-12,15H2,1-2H3. The van der Waals surface area contributed by atoms with E-state index in [0.717, 1.165) is 5.56 Å². The maximum Gasteiger partial charge on any atom is 0.257 e. The minimum absolute atomic E-state index is 0.0747. The molecule has 1 aliphatic rings. The number of hydrogen-bond donors (Lipinski definition) is 0. The maximum absolute atomic E-state index is 12.8. The van der Waals surface area contributed by atoms with E-state index in [1.54, 1.807) is 24.2 Å². The average Bonchev–Trinajstić information content (AvgIpc) is 2.72. The average molecular weight is 367 g/mol. The fourth-order valence-corrected chi connectivity index (χ4v) is 3.13. The van der Waals surface area contributed by atoms with Crippen molar-refractivity contribution in [1.82, 2.24) is 19.8 Å². The molecule has 142 valence electrons. The molecule has 1 saturated heterocycles. The summed E-state index contributed by atoms with van der Waals surface area (Å²) in [6.07, 6.45) is 3.19. The van der Waals surface area contributed by atoms with Crippen LogP contribution in [-0.2, 0) is 11.3 Å². The Bertz CT molecular complexity index is 771. The van der Waals surface area contributed by atoms with Gasteiger partial charge in [0.1, 0.15) is 0 Å². The van der Waals surface area contributed by atoms with Crippen molar-refractivity contribution in [3.63, 3.8) is 0 Å². The van der Waals surface area contributed by atoms with Crippen molar-refractivity contribution in [2.45, 2.75) is 20.4 Å². The van der Waals surface area contributed by atoms with Crippen LogP contribution in [0.3, 0.4) is 0 Å². The molecule has 27 heavy (non-hydrogen) atoms. The zero-order valence-corrected chi connectivity index (χ0v) is 15.8. The molecule has 7 heteroatoms. The van der Waals surface area contributed by atoms with Crippen LogP contribution in [0, 0.1) is 0 Å². The minimum Gasteiger partial charge on any atom is -0.339 e. The van der Waals surface area contributed by atoms with Crippen molar-refractivity contribution in [2.75, 3.05) is 37.6 Å².